The standard InChI is InChI=1S/C14H19NO6/c1-10(9-19-14(2,3)4)20-13(16)21-12-7-5-11(6-8-12)15(17)18/h5-8,10H,9H2,1-4H3/t10-/m0/s1. The molecule has 0 aliphatic carbocycles. The second-order valence-electron chi connectivity index (χ2n) is 5.45. The Labute approximate surface area is 123 Å². The molecule has 7 heteroatoms. The monoisotopic (exact) mass is 297 g/mol. The zero-order valence-electron chi connectivity index (χ0n) is 12.5. The molecule has 0 bridgehead atoms. The van der Waals surface area contributed by atoms with Crippen molar-refractivity contribution in [3.8, 4) is 5.75 Å². The summed E-state index contributed by atoms with van der Waals surface area (Å²) in [5.41, 5.74) is -0.400. The third kappa shape index (κ3) is 6.71. The van der Waals surface area contributed by atoms with Crippen LogP contribution in [0.5, 0.6) is 5.75 Å². The zero-order valence-corrected chi connectivity index (χ0v) is 12.5. The van der Waals surface area contributed by atoms with E-state index in [-0.39, 0.29) is 23.6 Å². The summed E-state index contributed by atoms with van der Waals surface area (Å²) < 4.78 is 15.4. The van der Waals surface area contributed by atoms with Crippen LogP contribution in [0.4, 0.5) is 10.5 Å². The number of carbonyl (C=O) groups is 1. The highest BCUT2D eigenvalue weighted by atomic mass is 16.7. The van der Waals surface area contributed by atoms with E-state index in [1.807, 2.05) is 20.8 Å². The van der Waals surface area contributed by atoms with Crippen LogP contribution in [0.1, 0.15) is 27.7 Å². The first kappa shape index (κ1) is 16.9. The molecule has 1 aromatic carbocycles. The van der Waals surface area contributed by atoms with Crippen molar-refractivity contribution >= 4 is 11.8 Å². The van der Waals surface area contributed by atoms with Gasteiger partial charge in [0.15, 0.2) is 0 Å². The van der Waals surface area contributed by atoms with Gasteiger partial charge >= 0.3 is 6.16 Å². The van der Waals surface area contributed by atoms with Gasteiger partial charge in [-0.05, 0) is 39.8 Å². The topological polar surface area (TPSA) is 87.9 Å². The number of nitrogens with zero attached hydrogens (tertiary/aromatic N) is 1. The van der Waals surface area contributed by atoms with Crippen LogP contribution in [0.3, 0.4) is 0 Å². The fraction of sp³-hybridized carbons (Fsp3) is 0.500. The Morgan fingerprint density at radius 3 is 2.33 bits per heavy atom. The molecule has 1 rings (SSSR count). The van der Waals surface area contributed by atoms with Crippen LogP contribution in [0.2, 0.25) is 0 Å². The minimum atomic E-state index is -0.881. The minimum absolute atomic E-state index is 0.0809. The Morgan fingerprint density at radius 2 is 1.86 bits per heavy atom. The van der Waals surface area contributed by atoms with Gasteiger partial charge in [-0.3, -0.25) is 10.1 Å². The highest BCUT2D eigenvalue weighted by molar-refractivity contribution is 5.64. The van der Waals surface area contributed by atoms with Crippen molar-refractivity contribution in [3.63, 3.8) is 0 Å². The van der Waals surface area contributed by atoms with Crippen molar-refractivity contribution in [2.24, 2.45) is 0 Å². The van der Waals surface area contributed by atoms with Crippen LogP contribution < -0.4 is 4.74 Å². The smallest absolute Gasteiger partial charge is 0.429 e. The van der Waals surface area contributed by atoms with Crippen LogP contribution in [0.15, 0.2) is 24.3 Å². The number of nitro benzene ring substituents is 1. The molecule has 1 atom stereocenters. The molecule has 0 aliphatic heterocycles. The zero-order chi connectivity index (χ0) is 16.0. The third-order valence-electron chi connectivity index (χ3n) is 2.30. The van der Waals surface area contributed by atoms with Gasteiger partial charge in [0, 0.05) is 12.1 Å². The van der Waals surface area contributed by atoms with Gasteiger partial charge < -0.3 is 14.2 Å². The summed E-state index contributed by atoms with van der Waals surface area (Å²) in [4.78, 5) is 21.5. The summed E-state index contributed by atoms with van der Waals surface area (Å²) in [6, 6.07) is 5.15. The number of rotatable bonds is 5. The van der Waals surface area contributed by atoms with Crippen molar-refractivity contribution in [1.82, 2.24) is 0 Å². The Morgan fingerprint density at radius 1 is 1.29 bits per heavy atom. The molecular formula is C14H19NO6. The van der Waals surface area contributed by atoms with Crippen molar-refractivity contribution in [1.29, 1.82) is 0 Å². The summed E-state index contributed by atoms with van der Waals surface area (Å²) in [6.07, 6.45) is -1.34. The first-order chi connectivity index (χ1) is 9.67. The maximum absolute atomic E-state index is 11.5. The van der Waals surface area contributed by atoms with E-state index < -0.39 is 17.2 Å². The van der Waals surface area contributed by atoms with E-state index >= 15 is 0 Å². The lowest BCUT2D eigenvalue weighted by Crippen LogP contribution is -2.28. The molecule has 7 nitrogen and oxygen atoms in total. The Kier molecular flexibility index (Phi) is 5.66. The molecule has 0 heterocycles. The molecule has 0 aromatic heterocycles. The Bertz CT molecular complexity index is 491. The molecule has 1 aromatic rings. The molecule has 0 saturated heterocycles. The first-order valence-electron chi connectivity index (χ1n) is 6.44. The van der Waals surface area contributed by atoms with Crippen LogP contribution in [0, 0.1) is 10.1 Å². The van der Waals surface area contributed by atoms with E-state index in [4.69, 9.17) is 14.2 Å². The van der Waals surface area contributed by atoms with Gasteiger partial charge in [0.25, 0.3) is 5.69 Å². The van der Waals surface area contributed by atoms with E-state index in [1.54, 1.807) is 6.92 Å². The number of nitro groups is 1. The Balaban J connectivity index is 2.44. The molecule has 0 spiro atoms. The molecule has 0 saturated carbocycles. The van der Waals surface area contributed by atoms with Crippen molar-refractivity contribution in [2.45, 2.75) is 39.4 Å². The van der Waals surface area contributed by atoms with Gasteiger partial charge in [0.2, 0.25) is 0 Å². The lowest BCUT2D eigenvalue weighted by molar-refractivity contribution is -0.384. The fourth-order valence-electron chi connectivity index (χ4n) is 1.32. The molecule has 0 aliphatic rings. The number of hydrogen-bond donors (Lipinski definition) is 0. The molecule has 0 radical (unpaired) electrons. The first-order valence-corrected chi connectivity index (χ1v) is 6.44. The lowest BCUT2D eigenvalue weighted by atomic mass is 10.2. The van der Waals surface area contributed by atoms with Crippen LogP contribution >= 0.6 is 0 Å². The van der Waals surface area contributed by atoms with E-state index in [0.29, 0.717) is 0 Å². The number of non-ortho nitro benzene ring substituents is 1. The summed E-state index contributed by atoms with van der Waals surface area (Å²) >= 11 is 0. The fourth-order valence-corrected chi connectivity index (χ4v) is 1.32. The van der Waals surface area contributed by atoms with Gasteiger partial charge in [0.1, 0.15) is 11.9 Å². The van der Waals surface area contributed by atoms with Gasteiger partial charge in [-0.2, -0.15) is 0 Å². The van der Waals surface area contributed by atoms with E-state index in [0.717, 1.165) is 0 Å². The average molecular weight is 297 g/mol. The van der Waals surface area contributed by atoms with E-state index in [2.05, 4.69) is 0 Å². The lowest BCUT2D eigenvalue weighted by Gasteiger charge is -2.22. The van der Waals surface area contributed by atoms with Crippen LogP contribution in [-0.2, 0) is 9.47 Å². The molecule has 116 valence electrons. The molecule has 0 unspecified atom stereocenters. The largest absolute Gasteiger partial charge is 0.514 e. The summed E-state index contributed by atoms with van der Waals surface area (Å²) in [5, 5.41) is 10.5. The van der Waals surface area contributed by atoms with Gasteiger partial charge in [0.05, 0.1) is 17.1 Å². The summed E-state index contributed by atoms with van der Waals surface area (Å²) in [6.45, 7) is 7.63. The SMILES string of the molecule is C[C@@H](COC(C)(C)C)OC(=O)Oc1ccc([N+](=O)[O-])cc1. The number of ether oxygens (including phenoxy) is 3. The molecule has 0 N–H and O–H groups in total. The molecular weight excluding hydrogens is 278 g/mol. The highest BCUT2D eigenvalue weighted by Gasteiger charge is 2.17. The number of carbonyl (C=O) groups excluding carboxylic acids is 1. The minimum Gasteiger partial charge on any atom is -0.429 e. The maximum Gasteiger partial charge on any atom is 0.514 e. The number of benzene rings is 1. The average Bonchev–Trinajstić information content (AvgIpc) is 2.36. The van der Waals surface area contributed by atoms with E-state index in [9.17, 15) is 14.9 Å². The summed E-state index contributed by atoms with van der Waals surface area (Å²) in [5.74, 6) is 0.175. The van der Waals surface area contributed by atoms with Crippen LogP contribution in [-0.4, -0.2) is 29.4 Å². The second kappa shape index (κ2) is 7.03. The molecule has 0 amide bonds. The molecule has 21 heavy (non-hydrogen) atoms. The predicted molar refractivity (Wildman–Crippen MR) is 75.4 cm³/mol. The van der Waals surface area contributed by atoms with E-state index in [1.165, 1.54) is 24.3 Å². The quantitative estimate of drug-likeness (QED) is 0.358. The van der Waals surface area contributed by atoms with Gasteiger partial charge in [-0.1, -0.05) is 0 Å². The van der Waals surface area contributed by atoms with Crippen molar-refractivity contribution < 1.29 is 23.9 Å². The number of hydrogen-bond acceptors (Lipinski definition) is 6. The normalized spacial score (nSPS) is 12.6. The van der Waals surface area contributed by atoms with Crippen molar-refractivity contribution in [2.75, 3.05) is 6.61 Å². The van der Waals surface area contributed by atoms with Crippen LogP contribution in [0.25, 0.3) is 0 Å². The summed E-state index contributed by atoms with van der Waals surface area (Å²) in [7, 11) is 0. The predicted octanol–water partition coefficient (Wildman–Crippen LogP) is 3.31. The van der Waals surface area contributed by atoms with Gasteiger partial charge in [-0.15, -0.1) is 0 Å². The maximum atomic E-state index is 11.5. The molecule has 0 fully saturated rings. The van der Waals surface area contributed by atoms with Gasteiger partial charge in [-0.25, -0.2) is 4.79 Å². The van der Waals surface area contributed by atoms with Crippen molar-refractivity contribution in [3.05, 3.63) is 34.4 Å². The highest BCUT2D eigenvalue weighted by Crippen LogP contribution is 2.18. The Hall–Kier alpha value is -2.15. The third-order valence-corrected chi connectivity index (χ3v) is 2.30. The second-order valence-corrected chi connectivity index (χ2v) is 5.45.